The Hall–Kier alpha value is -1.61. The molecule has 0 heterocycles. The molecular weight excluding hydrogens is 256 g/mol. The normalized spacial score (nSPS) is 10.4. The van der Waals surface area contributed by atoms with Gasteiger partial charge in [0.1, 0.15) is 11.6 Å². The van der Waals surface area contributed by atoms with Crippen LogP contribution in [0, 0.1) is 18.6 Å². The van der Waals surface area contributed by atoms with Gasteiger partial charge in [0.2, 0.25) is 0 Å². The molecule has 2 aromatic rings. The number of hydrogen-bond donors (Lipinski definition) is 1. The molecule has 0 atom stereocenters. The van der Waals surface area contributed by atoms with Crippen LogP contribution < -0.4 is 5.32 Å². The maximum atomic E-state index is 13.7. The van der Waals surface area contributed by atoms with E-state index >= 15 is 0 Å². The predicted octanol–water partition coefficient (Wildman–Crippen LogP) is 4.54. The monoisotopic (exact) mass is 267 g/mol. The molecule has 0 aliphatic heterocycles. The first kappa shape index (κ1) is 12.8. The van der Waals surface area contributed by atoms with Gasteiger partial charge in [-0.05, 0) is 36.2 Å². The van der Waals surface area contributed by atoms with Crippen molar-refractivity contribution in [2.45, 2.75) is 13.5 Å². The molecule has 94 valence electrons. The minimum absolute atomic E-state index is 0.282. The summed E-state index contributed by atoms with van der Waals surface area (Å²) >= 11 is 5.89. The minimum atomic E-state index is -0.384. The van der Waals surface area contributed by atoms with Gasteiger partial charge in [0.15, 0.2) is 0 Å². The van der Waals surface area contributed by atoms with Crippen molar-refractivity contribution < 1.29 is 8.78 Å². The average Bonchev–Trinajstić information content (AvgIpc) is 2.33. The number of rotatable bonds is 3. The molecular formula is C14H12ClF2N. The molecule has 0 unspecified atom stereocenters. The maximum absolute atomic E-state index is 13.7. The van der Waals surface area contributed by atoms with Gasteiger partial charge in [-0.2, -0.15) is 0 Å². The third-order valence-electron chi connectivity index (χ3n) is 2.68. The van der Waals surface area contributed by atoms with Crippen molar-refractivity contribution in [3.8, 4) is 0 Å². The first-order valence-corrected chi connectivity index (χ1v) is 5.88. The van der Waals surface area contributed by atoms with Crippen molar-refractivity contribution in [2.24, 2.45) is 0 Å². The Morgan fingerprint density at radius 2 is 1.94 bits per heavy atom. The molecule has 1 nitrogen and oxygen atoms in total. The molecule has 0 saturated carbocycles. The predicted molar refractivity (Wildman–Crippen MR) is 69.9 cm³/mol. The van der Waals surface area contributed by atoms with E-state index in [0.717, 1.165) is 5.56 Å². The summed E-state index contributed by atoms with van der Waals surface area (Å²) in [6, 6.07) is 9.27. The molecule has 0 aliphatic rings. The SMILES string of the molecule is Cc1cccc(NCc2ccc(F)cc2Cl)c1F. The highest BCUT2D eigenvalue weighted by atomic mass is 35.5. The second kappa shape index (κ2) is 5.36. The molecule has 0 aliphatic carbocycles. The van der Waals surface area contributed by atoms with E-state index < -0.39 is 0 Å². The minimum Gasteiger partial charge on any atom is -0.379 e. The van der Waals surface area contributed by atoms with E-state index in [9.17, 15) is 8.78 Å². The number of halogens is 3. The second-order valence-corrected chi connectivity index (χ2v) is 4.43. The lowest BCUT2D eigenvalue weighted by Crippen LogP contribution is -2.03. The molecule has 18 heavy (non-hydrogen) atoms. The summed E-state index contributed by atoms with van der Waals surface area (Å²) in [6.45, 7) is 2.05. The number of anilines is 1. The Morgan fingerprint density at radius 3 is 2.67 bits per heavy atom. The first-order chi connectivity index (χ1) is 8.58. The van der Waals surface area contributed by atoms with Crippen LogP contribution >= 0.6 is 11.6 Å². The van der Waals surface area contributed by atoms with Gasteiger partial charge in [0.05, 0.1) is 5.69 Å². The van der Waals surface area contributed by atoms with E-state index in [-0.39, 0.29) is 11.6 Å². The van der Waals surface area contributed by atoms with Crippen molar-refractivity contribution in [1.82, 2.24) is 0 Å². The summed E-state index contributed by atoms with van der Waals surface area (Å²) in [4.78, 5) is 0. The van der Waals surface area contributed by atoms with Crippen molar-refractivity contribution in [3.63, 3.8) is 0 Å². The summed E-state index contributed by atoms with van der Waals surface area (Å²) in [7, 11) is 0. The molecule has 4 heteroatoms. The molecule has 0 bridgehead atoms. The van der Waals surface area contributed by atoms with Crippen molar-refractivity contribution in [2.75, 3.05) is 5.32 Å². The standard InChI is InChI=1S/C14H12ClF2N/c1-9-3-2-4-13(14(9)17)18-8-10-5-6-11(16)7-12(10)15/h2-7,18H,8H2,1H3. The molecule has 0 aromatic heterocycles. The lowest BCUT2D eigenvalue weighted by Gasteiger charge is -2.10. The topological polar surface area (TPSA) is 12.0 Å². The third kappa shape index (κ3) is 2.79. The Morgan fingerprint density at radius 1 is 1.17 bits per heavy atom. The molecule has 0 saturated heterocycles. The zero-order valence-corrected chi connectivity index (χ0v) is 10.6. The molecule has 0 spiro atoms. The number of hydrogen-bond acceptors (Lipinski definition) is 1. The summed E-state index contributed by atoms with van der Waals surface area (Å²) in [6.07, 6.45) is 0. The Bertz CT molecular complexity index is 570. The van der Waals surface area contributed by atoms with Crippen LogP contribution in [-0.4, -0.2) is 0 Å². The third-order valence-corrected chi connectivity index (χ3v) is 3.03. The van der Waals surface area contributed by atoms with Crippen LogP contribution in [0.4, 0.5) is 14.5 Å². The summed E-state index contributed by atoms with van der Waals surface area (Å²) in [5.74, 6) is -0.666. The lowest BCUT2D eigenvalue weighted by atomic mass is 10.2. The zero-order valence-electron chi connectivity index (χ0n) is 9.81. The van der Waals surface area contributed by atoms with Crippen LogP contribution in [0.25, 0.3) is 0 Å². The maximum Gasteiger partial charge on any atom is 0.149 e. The zero-order chi connectivity index (χ0) is 13.1. The number of aryl methyl sites for hydroxylation is 1. The highest BCUT2D eigenvalue weighted by Gasteiger charge is 2.06. The van der Waals surface area contributed by atoms with Crippen LogP contribution in [-0.2, 0) is 6.54 Å². The van der Waals surface area contributed by atoms with E-state index in [1.165, 1.54) is 12.1 Å². The van der Waals surface area contributed by atoms with Crippen molar-refractivity contribution in [3.05, 3.63) is 64.2 Å². The summed E-state index contributed by atoms with van der Waals surface area (Å²) in [5.41, 5.74) is 1.71. The van der Waals surface area contributed by atoms with E-state index in [1.54, 1.807) is 31.2 Å². The fraction of sp³-hybridized carbons (Fsp3) is 0.143. The van der Waals surface area contributed by atoms with Gasteiger partial charge >= 0.3 is 0 Å². The van der Waals surface area contributed by atoms with Gasteiger partial charge in [0.25, 0.3) is 0 Å². The average molecular weight is 268 g/mol. The van der Waals surface area contributed by atoms with Crippen molar-refractivity contribution >= 4 is 17.3 Å². The molecule has 2 aromatic carbocycles. The highest BCUT2D eigenvalue weighted by molar-refractivity contribution is 6.31. The number of nitrogens with one attached hydrogen (secondary N) is 1. The van der Waals surface area contributed by atoms with E-state index in [0.29, 0.717) is 22.8 Å². The van der Waals surface area contributed by atoms with Gasteiger partial charge in [-0.15, -0.1) is 0 Å². The molecule has 0 amide bonds. The van der Waals surface area contributed by atoms with E-state index in [2.05, 4.69) is 5.32 Å². The van der Waals surface area contributed by atoms with Gasteiger partial charge in [-0.25, -0.2) is 8.78 Å². The van der Waals surface area contributed by atoms with Gasteiger partial charge in [0, 0.05) is 11.6 Å². The first-order valence-electron chi connectivity index (χ1n) is 5.51. The van der Waals surface area contributed by atoms with Crippen LogP contribution in [0.1, 0.15) is 11.1 Å². The van der Waals surface area contributed by atoms with Crippen LogP contribution in [0.15, 0.2) is 36.4 Å². The van der Waals surface area contributed by atoms with Gasteiger partial charge < -0.3 is 5.32 Å². The fourth-order valence-corrected chi connectivity index (χ4v) is 1.87. The van der Waals surface area contributed by atoms with Crippen molar-refractivity contribution in [1.29, 1.82) is 0 Å². The molecule has 0 fully saturated rings. The fourth-order valence-electron chi connectivity index (χ4n) is 1.64. The largest absolute Gasteiger partial charge is 0.379 e. The number of benzene rings is 2. The molecule has 1 N–H and O–H groups in total. The van der Waals surface area contributed by atoms with E-state index in [1.807, 2.05) is 0 Å². The Balaban J connectivity index is 2.14. The van der Waals surface area contributed by atoms with Crippen LogP contribution in [0.5, 0.6) is 0 Å². The van der Waals surface area contributed by atoms with Gasteiger partial charge in [-0.3, -0.25) is 0 Å². The smallest absolute Gasteiger partial charge is 0.149 e. The summed E-state index contributed by atoms with van der Waals surface area (Å²) < 4.78 is 26.6. The molecule has 0 radical (unpaired) electrons. The highest BCUT2D eigenvalue weighted by Crippen LogP contribution is 2.21. The van der Waals surface area contributed by atoms with E-state index in [4.69, 9.17) is 11.6 Å². The second-order valence-electron chi connectivity index (χ2n) is 4.03. The Kier molecular flexibility index (Phi) is 3.82. The van der Waals surface area contributed by atoms with Gasteiger partial charge in [-0.1, -0.05) is 29.8 Å². The Labute approximate surface area is 109 Å². The van der Waals surface area contributed by atoms with Crippen LogP contribution in [0.3, 0.4) is 0 Å². The lowest BCUT2D eigenvalue weighted by molar-refractivity contribution is 0.620. The van der Waals surface area contributed by atoms with Crippen LogP contribution in [0.2, 0.25) is 5.02 Å². The quantitative estimate of drug-likeness (QED) is 0.861. The molecule has 2 rings (SSSR count). The summed E-state index contributed by atoms with van der Waals surface area (Å²) in [5, 5.41) is 3.28.